The van der Waals surface area contributed by atoms with Crippen LogP contribution in [0, 0.1) is 0 Å². The van der Waals surface area contributed by atoms with E-state index in [0.29, 0.717) is 23.3 Å². The molecule has 0 aromatic carbocycles. The van der Waals surface area contributed by atoms with Crippen LogP contribution >= 0.6 is 11.3 Å². The van der Waals surface area contributed by atoms with E-state index in [-0.39, 0.29) is 13.3 Å². The molecule has 2 rings (SSSR count). The van der Waals surface area contributed by atoms with Crippen molar-refractivity contribution in [3.05, 3.63) is 22.6 Å². The molecule has 1 aliphatic rings. The third kappa shape index (κ3) is 1.71. The van der Waals surface area contributed by atoms with E-state index in [1.54, 1.807) is 6.08 Å². The van der Waals surface area contributed by atoms with Gasteiger partial charge < -0.3 is 0 Å². The Kier molecular flexibility index (Phi) is 2.50. The monoisotopic (exact) mass is 279 g/mol. The predicted octanol–water partition coefficient (Wildman–Crippen LogP) is 0.629. The Morgan fingerprint density at radius 3 is 2.62 bits per heavy atom. The summed E-state index contributed by atoms with van der Waals surface area (Å²) in [6, 6.07) is 1.33. The molecule has 1 aromatic rings. The fraction of sp³-hybridized carbons (Fsp3) is 0.250. The number of hydrogen-bond acceptors (Lipinski definition) is 5. The van der Waals surface area contributed by atoms with Gasteiger partial charge >= 0.3 is 0 Å². The predicted molar refractivity (Wildman–Crippen MR) is 60.3 cm³/mol. The van der Waals surface area contributed by atoms with E-state index in [1.165, 1.54) is 13.0 Å². The molecule has 0 aliphatic carbocycles. The summed E-state index contributed by atoms with van der Waals surface area (Å²) in [5.74, 6) is 0. The number of primary sulfonamides is 1. The molecule has 0 saturated heterocycles. The lowest BCUT2D eigenvalue weighted by Crippen LogP contribution is -2.09. The van der Waals surface area contributed by atoms with Crippen molar-refractivity contribution in [2.45, 2.75) is 21.8 Å². The molecule has 0 amide bonds. The van der Waals surface area contributed by atoms with Crippen molar-refractivity contribution >= 4 is 31.2 Å². The van der Waals surface area contributed by atoms with Crippen LogP contribution in [-0.2, 0) is 26.3 Å². The van der Waals surface area contributed by atoms with Crippen molar-refractivity contribution in [3.8, 4) is 0 Å². The van der Waals surface area contributed by atoms with Crippen molar-refractivity contribution in [1.29, 1.82) is 0 Å². The summed E-state index contributed by atoms with van der Waals surface area (Å²) in [5, 5.41) is 4.96. The Morgan fingerprint density at radius 2 is 2.06 bits per heavy atom. The van der Waals surface area contributed by atoms with Gasteiger partial charge in [0, 0.05) is 4.91 Å². The van der Waals surface area contributed by atoms with Gasteiger partial charge in [-0.15, -0.1) is 11.3 Å². The van der Waals surface area contributed by atoms with E-state index in [1.807, 2.05) is 0 Å². The molecule has 2 heterocycles. The maximum absolute atomic E-state index is 11.9. The van der Waals surface area contributed by atoms with Gasteiger partial charge in [-0.3, -0.25) is 0 Å². The van der Waals surface area contributed by atoms with Crippen molar-refractivity contribution in [1.82, 2.24) is 0 Å². The van der Waals surface area contributed by atoms with E-state index in [0.717, 1.165) is 0 Å². The van der Waals surface area contributed by atoms with Crippen LogP contribution in [0.2, 0.25) is 0 Å². The van der Waals surface area contributed by atoms with Crippen LogP contribution in [-0.4, -0.2) is 16.8 Å². The topological polar surface area (TPSA) is 94.3 Å². The van der Waals surface area contributed by atoms with Crippen LogP contribution in [0.25, 0.3) is 0 Å². The SMILES string of the molecule is CC1=CCc2cc(S(N)(=O)=O)sc2S1(=O)=O. The van der Waals surface area contributed by atoms with Gasteiger partial charge in [0.1, 0.15) is 8.42 Å². The minimum absolute atomic E-state index is 0.0940. The number of thiophene rings is 1. The van der Waals surface area contributed by atoms with E-state index in [4.69, 9.17) is 5.14 Å². The number of nitrogens with two attached hydrogens (primary N) is 1. The number of allylic oxidation sites excluding steroid dienone is 2. The second-order valence-corrected chi connectivity index (χ2v) is 8.60. The highest BCUT2D eigenvalue weighted by molar-refractivity contribution is 7.98. The molecule has 88 valence electrons. The molecule has 1 aliphatic heterocycles. The second-order valence-electron chi connectivity index (χ2n) is 3.45. The zero-order chi connectivity index (χ0) is 12.1. The standard InChI is InChI=1S/C8H9NO4S3/c1-5-2-3-6-4-7(16(9,12)13)14-8(6)15(5,10)11/h2,4H,3H2,1H3,(H2,9,12,13). The number of sulfonamides is 1. The fourth-order valence-corrected chi connectivity index (χ4v) is 5.43. The van der Waals surface area contributed by atoms with Gasteiger partial charge in [-0.05, 0) is 25.0 Å². The highest BCUT2D eigenvalue weighted by atomic mass is 32.3. The lowest BCUT2D eigenvalue weighted by molar-refractivity contribution is 0.598. The first-order valence-corrected chi connectivity index (χ1v) is 8.15. The first-order valence-electron chi connectivity index (χ1n) is 4.30. The minimum Gasteiger partial charge on any atom is -0.224 e. The van der Waals surface area contributed by atoms with E-state index >= 15 is 0 Å². The molecule has 0 bridgehead atoms. The van der Waals surface area contributed by atoms with Crippen LogP contribution < -0.4 is 5.14 Å². The molecule has 0 unspecified atom stereocenters. The van der Waals surface area contributed by atoms with Gasteiger partial charge in [0.25, 0.3) is 0 Å². The molecular formula is C8H9NO4S3. The van der Waals surface area contributed by atoms with Gasteiger partial charge in [0.05, 0.1) is 0 Å². The number of fused-ring (bicyclic) bond motifs is 1. The smallest absolute Gasteiger partial charge is 0.224 e. The van der Waals surface area contributed by atoms with Crippen LogP contribution in [0.5, 0.6) is 0 Å². The molecule has 1 aromatic heterocycles. The second kappa shape index (κ2) is 3.39. The minimum atomic E-state index is -3.83. The summed E-state index contributed by atoms with van der Waals surface area (Å²) >= 11 is 0.711. The molecule has 2 N–H and O–H groups in total. The molecule has 0 radical (unpaired) electrons. The summed E-state index contributed by atoms with van der Waals surface area (Å²) in [6.07, 6.45) is 1.99. The maximum Gasteiger partial charge on any atom is 0.247 e. The van der Waals surface area contributed by atoms with E-state index in [2.05, 4.69) is 0 Å². The van der Waals surface area contributed by atoms with Crippen molar-refractivity contribution in [3.63, 3.8) is 0 Å². The lowest BCUT2D eigenvalue weighted by atomic mass is 10.2. The van der Waals surface area contributed by atoms with E-state index < -0.39 is 19.9 Å². The Balaban J connectivity index is 2.71. The van der Waals surface area contributed by atoms with Gasteiger partial charge in [-0.2, -0.15) is 0 Å². The zero-order valence-electron chi connectivity index (χ0n) is 8.30. The third-order valence-electron chi connectivity index (χ3n) is 2.31. The molecule has 0 fully saturated rings. The molecule has 16 heavy (non-hydrogen) atoms. The Bertz CT molecular complexity index is 679. The number of sulfone groups is 1. The summed E-state index contributed by atoms with van der Waals surface area (Å²) in [4.78, 5) is 0.253. The lowest BCUT2D eigenvalue weighted by Gasteiger charge is -2.09. The normalized spacial score (nSPS) is 19.0. The Labute approximate surface area is 97.6 Å². The first-order chi connectivity index (χ1) is 7.23. The molecular weight excluding hydrogens is 270 g/mol. The quantitative estimate of drug-likeness (QED) is 0.815. The third-order valence-corrected chi connectivity index (χ3v) is 7.37. The molecule has 0 spiro atoms. The summed E-state index contributed by atoms with van der Waals surface area (Å²) in [6.45, 7) is 1.49. The van der Waals surface area contributed by atoms with Crippen LogP contribution in [0.15, 0.2) is 25.5 Å². The van der Waals surface area contributed by atoms with Crippen molar-refractivity contribution in [2.75, 3.05) is 0 Å². The van der Waals surface area contributed by atoms with Gasteiger partial charge in [0.2, 0.25) is 19.9 Å². The van der Waals surface area contributed by atoms with Gasteiger partial charge in [-0.25, -0.2) is 22.0 Å². The van der Waals surface area contributed by atoms with Crippen LogP contribution in [0.3, 0.4) is 0 Å². The highest BCUT2D eigenvalue weighted by Gasteiger charge is 2.29. The average molecular weight is 279 g/mol. The molecule has 0 atom stereocenters. The largest absolute Gasteiger partial charge is 0.247 e. The maximum atomic E-state index is 11.9. The Morgan fingerprint density at radius 1 is 1.44 bits per heavy atom. The average Bonchev–Trinajstić information content (AvgIpc) is 2.56. The van der Waals surface area contributed by atoms with E-state index in [9.17, 15) is 16.8 Å². The van der Waals surface area contributed by atoms with Gasteiger partial charge in [0.15, 0.2) is 0 Å². The summed E-state index contributed by atoms with van der Waals surface area (Å²) < 4.78 is 45.9. The molecule has 5 nitrogen and oxygen atoms in total. The van der Waals surface area contributed by atoms with Crippen LogP contribution in [0.4, 0.5) is 0 Å². The highest BCUT2D eigenvalue weighted by Crippen LogP contribution is 2.36. The van der Waals surface area contributed by atoms with Crippen molar-refractivity contribution in [2.24, 2.45) is 5.14 Å². The molecule has 8 heteroatoms. The van der Waals surface area contributed by atoms with Gasteiger partial charge in [-0.1, -0.05) is 6.08 Å². The Hall–Kier alpha value is -0.700. The summed E-state index contributed by atoms with van der Waals surface area (Å²) in [7, 11) is -7.33. The fourth-order valence-electron chi connectivity index (χ4n) is 1.41. The van der Waals surface area contributed by atoms with Crippen LogP contribution in [0.1, 0.15) is 12.5 Å². The zero-order valence-corrected chi connectivity index (χ0v) is 10.7. The summed E-state index contributed by atoms with van der Waals surface area (Å²) in [5.41, 5.74) is 0.500. The van der Waals surface area contributed by atoms with Crippen molar-refractivity contribution < 1.29 is 16.8 Å². The first kappa shape index (κ1) is 11.8. The molecule has 0 saturated carbocycles. The number of rotatable bonds is 1. The number of hydrogen-bond donors (Lipinski definition) is 1.